The van der Waals surface area contributed by atoms with Crippen molar-refractivity contribution in [1.82, 2.24) is 9.88 Å². The Morgan fingerprint density at radius 2 is 2.00 bits per heavy atom. The Morgan fingerprint density at radius 1 is 1.41 bits per heavy atom. The highest BCUT2D eigenvalue weighted by molar-refractivity contribution is 5.96. The molecule has 0 bridgehead atoms. The first-order chi connectivity index (χ1) is 10.1. The molecule has 22 heavy (non-hydrogen) atoms. The Hall–Kier alpha value is -1.82. The van der Waals surface area contributed by atoms with Gasteiger partial charge in [0, 0.05) is 24.5 Å². The van der Waals surface area contributed by atoms with Gasteiger partial charge in [0.15, 0.2) is 0 Å². The Labute approximate surface area is 131 Å². The zero-order valence-electron chi connectivity index (χ0n) is 14.2. The van der Waals surface area contributed by atoms with E-state index in [1.165, 1.54) is 7.11 Å². The molecule has 0 saturated carbocycles. The molecule has 1 unspecified atom stereocenters. The summed E-state index contributed by atoms with van der Waals surface area (Å²) in [6.07, 6.45) is -0.199. The molecule has 1 amide bonds. The predicted molar refractivity (Wildman–Crippen MR) is 84.3 cm³/mol. The van der Waals surface area contributed by atoms with Gasteiger partial charge in [0.2, 0.25) is 0 Å². The van der Waals surface area contributed by atoms with Gasteiger partial charge in [-0.2, -0.15) is 0 Å². The summed E-state index contributed by atoms with van der Waals surface area (Å²) in [5.74, 6) is -1.26. The van der Waals surface area contributed by atoms with Gasteiger partial charge in [-0.25, -0.2) is 0 Å². The molecule has 1 rings (SSSR count). The molecule has 1 heterocycles. The van der Waals surface area contributed by atoms with E-state index in [2.05, 4.69) is 23.7 Å². The molecule has 1 aromatic rings. The number of nitrogens with zero attached hydrogens (tertiary/aromatic N) is 1. The third kappa shape index (κ3) is 4.10. The van der Waals surface area contributed by atoms with Gasteiger partial charge in [0.1, 0.15) is 0 Å². The average molecular weight is 310 g/mol. The number of aliphatic carboxylic acids is 1. The molecule has 0 aliphatic carbocycles. The summed E-state index contributed by atoms with van der Waals surface area (Å²) in [6.45, 7) is 9.77. The standard InChI is InChI=1S/C16H26N2O4/c1-10(2)18-11(3)7-13(12(18)4)15(21)17-16(5,9-22-6)8-14(19)20/h7,10H,8-9H2,1-6H3,(H,17,21)(H,19,20). The first-order valence-electron chi connectivity index (χ1n) is 7.33. The predicted octanol–water partition coefficient (Wildman–Crippen LogP) is 2.30. The van der Waals surface area contributed by atoms with Crippen LogP contribution in [0.4, 0.5) is 0 Å². The van der Waals surface area contributed by atoms with Crippen molar-refractivity contribution in [3.05, 3.63) is 23.0 Å². The maximum absolute atomic E-state index is 12.6. The van der Waals surface area contributed by atoms with E-state index in [0.29, 0.717) is 5.56 Å². The maximum atomic E-state index is 12.6. The van der Waals surface area contributed by atoms with Crippen LogP contribution in [0.5, 0.6) is 0 Å². The minimum Gasteiger partial charge on any atom is -0.481 e. The van der Waals surface area contributed by atoms with E-state index >= 15 is 0 Å². The number of methoxy groups -OCH3 is 1. The molecule has 2 N–H and O–H groups in total. The van der Waals surface area contributed by atoms with Crippen molar-refractivity contribution < 1.29 is 19.4 Å². The normalized spacial score (nSPS) is 14.0. The molecule has 0 spiro atoms. The van der Waals surface area contributed by atoms with Gasteiger partial charge in [-0.15, -0.1) is 0 Å². The highest BCUT2D eigenvalue weighted by atomic mass is 16.5. The lowest BCUT2D eigenvalue weighted by Crippen LogP contribution is -2.50. The van der Waals surface area contributed by atoms with Gasteiger partial charge in [0.25, 0.3) is 5.91 Å². The van der Waals surface area contributed by atoms with Crippen LogP contribution >= 0.6 is 0 Å². The number of carbonyl (C=O) groups is 2. The summed E-state index contributed by atoms with van der Waals surface area (Å²) < 4.78 is 7.14. The maximum Gasteiger partial charge on any atom is 0.305 e. The van der Waals surface area contributed by atoms with Crippen LogP contribution in [0.25, 0.3) is 0 Å². The number of hydrogen-bond acceptors (Lipinski definition) is 3. The van der Waals surface area contributed by atoms with Crippen molar-refractivity contribution in [2.24, 2.45) is 0 Å². The van der Waals surface area contributed by atoms with E-state index in [9.17, 15) is 9.59 Å². The first kappa shape index (κ1) is 18.2. The molecule has 0 aliphatic heterocycles. The number of amides is 1. The molecular weight excluding hydrogens is 284 g/mol. The fourth-order valence-electron chi connectivity index (χ4n) is 2.93. The van der Waals surface area contributed by atoms with Crippen LogP contribution in [-0.2, 0) is 9.53 Å². The molecule has 6 heteroatoms. The van der Waals surface area contributed by atoms with Crippen LogP contribution in [0, 0.1) is 13.8 Å². The topological polar surface area (TPSA) is 80.6 Å². The lowest BCUT2D eigenvalue weighted by molar-refractivity contribution is -0.139. The highest BCUT2D eigenvalue weighted by Gasteiger charge is 2.31. The Bertz CT molecular complexity index is 563. The lowest BCUT2D eigenvalue weighted by Gasteiger charge is -2.28. The van der Waals surface area contributed by atoms with E-state index in [0.717, 1.165) is 11.4 Å². The number of rotatable bonds is 7. The summed E-state index contributed by atoms with van der Waals surface area (Å²) in [4.78, 5) is 23.6. The van der Waals surface area contributed by atoms with E-state index in [1.54, 1.807) is 6.92 Å². The average Bonchev–Trinajstić information content (AvgIpc) is 2.63. The van der Waals surface area contributed by atoms with Gasteiger partial charge in [0.05, 0.1) is 24.1 Å². The minimum atomic E-state index is -0.979. The highest BCUT2D eigenvalue weighted by Crippen LogP contribution is 2.21. The third-order valence-electron chi connectivity index (χ3n) is 3.66. The van der Waals surface area contributed by atoms with E-state index in [-0.39, 0.29) is 25.0 Å². The van der Waals surface area contributed by atoms with Crippen molar-refractivity contribution >= 4 is 11.9 Å². The number of aryl methyl sites for hydroxylation is 1. The molecule has 0 radical (unpaired) electrons. The summed E-state index contributed by atoms with van der Waals surface area (Å²) in [7, 11) is 1.48. The van der Waals surface area contributed by atoms with Crippen molar-refractivity contribution in [1.29, 1.82) is 0 Å². The second-order valence-corrected chi connectivity index (χ2v) is 6.27. The van der Waals surface area contributed by atoms with Crippen LogP contribution in [0.1, 0.15) is 55.0 Å². The van der Waals surface area contributed by atoms with E-state index in [1.807, 2.05) is 19.9 Å². The molecule has 0 saturated heterocycles. The molecule has 1 aromatic heterocycles. The molecule has 6 nitrogen and oxygen atoms in total. The molecule has 1 atom stereocenters. The van der Waals surface area contributed by atoms with Crippen LogP contribution in [-0.4, -0.2) is 40.8 Å². The molecule has 124 valence electrons. The van der Waals surface area contributed by atoms with E-state index in [4.69, 9.17) is 9.84 Å². The van der Waals surface area contributed by atoms with Crippen molar-refractivity contribution in [2.75, 3.05) is 13.7 Å². The summed E-state index contributed by atoms with van der Waals surface area (Å²) >= 11 is 0. The minimum absolute atomic E-state index is 0.133. The molecular formula is C16H26N2O4. The fraction of sp³-hybridized carbons (Fsp3) is 0.625. The Balaban J connectivity index is 3.05. The van der Waals surface area contributed by atoms with Crippen LogP contribution in [0.15, 0.2) is 6.07 Å². The summed E-state index contributed by atoms with van der Waals surface area (Å²) in [5.41, 5.74) is 1.50. The Morgan fingerprint density at radius 3 is 2.41 bits per heavy atom. The van der Waals surface area contributed by atoms with Gasteiger partial charge < -0.3 is 19.7 Å². The van der Waals surface area contributed by atoms with Gasteiger partial charge in [-0.05, 0) is 40.7 Å². The third-order valence-corrected chi connectivity index (χ3v) is 3.66. The van der Waals surface area contributed by atoms with Crippen LogP contribution < -0.4 is 5.32 Å². The SMILES string of the molecule is COCC(C)(CC(=O)O)NC(=O)c1cc(C)n(C(C)C)c1C. The first-order valence-corrected chi connectivity index (χ1v) is 7.33. The lowest BCUT2D eigenvalue weighted by atomic mass is 9.98. The van der Waals surface area contributed by atoms with Crippen molar-refractivity contribution in [3.63, 3.8) is 0 Å². The number of carbonyl (C=O) groups excluding carboxylic acids is 1. The zero-order valence-corrected chi connectivity index (χ0v) is 14.2. The number of nitrogens with one attached hydrogen (secondary N) is 1. The van der Waals surface area contributed by atoms with Crippen LogP contribution in [0.2, 0.25) is 0 Å². The second-order valence-electron chi connectivity index (χ2n) is 6.27. The van der Waals surface area contributed by atoms with Crippen molar-refractivity contribution in [2.45, 2.75) is 52.6 Å². The molecule has 0 aliphatic rings. The second kappa shape index (κ2) is 6.96. The Kier molecular flexibility index (Phi) is 5.77. The van der Waals surface area contributed by atoms with Crippen molar-refractivity contribution in [3.8, 4) is 0 Å². The van der Waals surface area contributed by atoms with Crippen LogP contribution in [0.3, 0.4) is 0 Å². The van der Waals surface area contributed by atoms with E-state index < -0.39 is 11.5 Å². The smallest absolute Gasteiger partial charge is 0.305 e. The quantitative estimate of drug-likeness (QED) is 0.809. The number of aromatic nitrogens is 1. The van der Waals surface area contributed by atoms with Gasteiger partial charge in [-0.3, -0.25) is 9.59 Å². The fourth-order valence-corrected chi connectivity index (χ4v) is 2.93. The summed E-state index contributed by atoms with van der Waals surface area (Å²) in [6, 6.07) is 2.09. The largest absolute Gasteiger partial charge is 0.481 e. The number of carboxylic acid groups (broad SMARTS) is 1. The monoisotopic (exact) mass is 310 g/mol. The number of hydrogen-bond donors (Lipinski definition) is 2. The zero-order chi connectivity index (χ0) is 17.1. The number of ether oxygens (including phenoxy) is 1. The summed E-state index contributed by atoms with van der Waals surface area (Å²) in [5, 5.41) is 11.8. The van der Waals surface area contributed by atoms with Gasteiger partial charge in [-0.1, -0.05) is 0 Å². The molecule has 0 aromatic carbocycles. The number of carboxylic acids is 1. The molecule has 0 fully saturated rings. The van der Waals surface area contributed by atoms with Gasteiger partial charge >= 0.3 is 5.97 Å².